The molecule has 1 heteroatoms. The zero-order valence-electron chi connectivity index (χ0n) is 11.3. The molecule has 0 bridgehead atoms. The molecule has 1 nitrogen and oxygen atoms in total. The first-order valence-corrected chi connectivity index (χ1v) is 7.37. The largest absolute Gasteiger partial charge is 0.396 e. The van der Waals surface area contributed by atoms with Crippen LogP contribution in [0.5, 0.6) is 0 Å². The molecule has 0 aliphatic heterocycles. The molecule has 1 N–H and O–H groups in total. The molecule has 0 aromatic rings. The quantitative estimate of drug-likeness (QED) is 0.676. The first-order valence-electron chi connectivity index (χ1n) is 7.37. The number of unbranched alkanes of at least 4 members (excludes halogenated alkanes) is 2. The van der Waals surface area contributed by atoms with Gasteiger partial charge in [-0.15, -0.1) is 0 Å². The molecule has 1 rings (SSSR count). The molecule has 96 valence electrons. The maximum Gasteiger partial charge on any atom is 0.0487 e. The molecule has 0 spiro atoms. The van der Waals surface area contributed by atoms with E-state index < -0.39 is 0 Å². The average Bonchev–Trinajstić information content (AvgIpc) is 2.35. The van der Waals surface area contributed by atoms with Gasteiger partial charge in [-0.1, -0.05) is 46.0 Å². The molecular formula is C15H30O. The lowest BCUT2D eigenvalue weighted by atomic mass is 9.67. The Balaban J connectivity index is 2.31. The molecule has 0 radical (unpaired) electrons. The summed E-state index contributed by atoms with van der Waals surface area (Å²) < 4.78 is 0. The Bertz CT molecular complexity index is 168. The van der Waals surface area contributed by atoms with Crippen molar-refractivity contribution >= 4 is 0 Å². The van der Waals surface area contributed by atoms with Gasteiger partial charge in [0.15, 0.2) is 0 Å². The highest BCUT2D eigenvalue weighted by molar-refractivity contribution is 4.85. The van der Waals surface area contributed by atoms with Crippen LogP contribution in [0.4, 0.5) is 0 Å². The predicted octanol–water partition coefficient (Wildman–Crippen LogP) is 4.54. The highest BCUT2D eigenvalue weighted by Crippen LogP contribution is 2.43. The lowest BCUT2D eigenvalue weighted by Gasteiger charge is -2.39. The van der Waals surface area contributed by atoms with Crippen molar-refractivity contribution in [3.05, 3.63) is 0 Å². The first kappa shape index (κ1) is 14.0. The van der Waals surface area contributed by atoms with Gasteiger partial charge in [-0.25, -0.2) is 0 Å². The van der Waals surface area contributed by atoms with Gasteiger partial charge < -0.3 is 5.11 Å². The Morgan fingerprint density at radius 1 is 1.06 bits per heavy atom. The van der Waals surface area contributed by atoms with Crippen LogP contribution >= 0.6 is 0 Å². The molecule has 0 heterocycles. The van der Waals surface area contributed by atoms with Crippen LogP contribution in [0.15, 0.2) is 0 Å². The Morgan fingerprint density at radius 2 is 1.69 bits per heavy atom. The molecule has 16 heavy (non-hydrogen) atoms. The third kappa shape index (κ3) is 4.08. The molecule has 1 fully saturated rings. The lowest BCUT2D eigenvalue weighted by molar-refractivity contribution is 0.0520. The summed E-state index contributed by atoms with van der Waals surface area (Å²) in [7, 11) is 0. The van der Waals surface area contributed by atoms with Crippen LogP contribution in [-0.2, 0) is 0 Å². The van der Waals surface area contributed by atoms with E-state index in [4.69, 9.17) is 0 Å². The van der Waals surface area contributed by atoms with Crippen molar-refractivity contribution in [3.63, 3.8) is 0 Å². The molecule has 1 aliphatic rings. The Labute approximate surface area is 102 Å². The Kier molecular flexibility index (Phi) is 6.41. The monoisotopic (exact) mass is 226 g/mol. The number of hydrogen-bond donors (Lipinski definition) is 1. The first-order chi connectivity index (χ1) is 7.76. The van der Waals surface area contributed by atoms with Crippen molar-refractivity contribution in [2.45, 2.75) is 78.1 Å². The summed E-state index contributed by atoms with van der Waals surface area (Å²) in [5, 5.41) is 9.63. The molecule has 0 amide bonds. The van der Waals surface area contributed by atoms with E-state index in [-0.39, 0.29) is 0 Å². The van der Waals surface area contributed by atoms with Crippen LogP contribution in [0, 0.1) is 11.3 Å². The van der Waals surface area contributed by atoms with Crippen molar-refractivity contribution in [2.75, 3.05) is 6.61 Å². The molecule has 0 aromatic carbocycles. The predicted molar refractivity (Wildman–Crippen MR) is 70.5 cm³/mol. The number of aliphatic hydroxyl groups excluding tert-OH is 1. The summed E-state index contributed by atoms with van der Waals surface area (Å²) in [5.41, 5.74) is 0.304. The second kappa shape index (κ2) is 7.32. The fourth-order valence-corrected chi connectivity index (χ4v) is 3.11. The van der Waals surface area contributed by atoms with Gasteiger partial charge in [0.05, 0.1) is 0 Å². The highest BCUT2D eigenvalue weighted by Gasteiger charge is 2.33. The molecule has 0 atom stereocenters. The molecule has 0 aromatic heterocycles. The minimum Gasteiger partial charge on any atom is -0.396 e. The van der Waals surface area contributed by atoms with E-state index in [2.05, 4.69) is 13.8 Å². The van der Waals surface area contributed by atoms with E-state index in [1.165, 1.54) is 64.2 Å². The third-order valence-corrected chi connectivity index (χ3v) is 4.53. The Hall–Kier alpha value is -0.0400. The topological polar surface area (TPSA) is 20.2 Å². The van der Waals surface area contributed by atoms with Crippen molar-refractivity contribution < 1.29 is 5.11 Å². The third-order valence-electron chi connectivity index (χ3n) is 4.53. The smallest absolute Gasteiger partial charge is 0.0487 e. The second-order valence-corrected chi connectivity index (χ2v) is 5.85. The summed E-state index contributed by atoms with van der Waals surface area (Å²) >= 11 is 0. The van der Waals surface area contributed by atoms with Gasteiger partial charge in [0.2, 0.25) is 0 Å². The van der Waals surface area contributed by atoms with Crippen LogP contribution in [0.2, 0.25) is 0 Å². The normalized spacial score (nSPS) is 30.6. The van der Waals surface area contributed by atoms with Gasteiger partial charge in [0, 0.05) is 6.61 Å². The number of hydrogen-bond acceptors (Lipinski definition) is 1. The van der Waals surface area contributed by atoms with Gasteiger partial charge in [0.1, 0.15) is 0 Å². The van der Waals surface area contributed by atoms with Crippen LogP contribution in [0.25, 0.3) is 0 Å². The van der Waals surface area contributed by atoms with Gasteiger partial charge in [-0.2, -0.15) is 0 Å². The summed E-state index contributed by atoms with van der Waals surface area (Å²) in [6.07, 6.45) is 13.2. The zero-order chi connectivity index (χ0) is 11.9. The van der Waals surface area contributed by atoms with Gasteiger partial charge in [-0.3, -0.25) is 0 Å². The van der Waals surface area contributed by atoms with Crippen molar-refractivity contribution in [3.8, 4) is 0 Å². The molecule has 0 saturated heterocycles. The van der Waals surface area contributed by atoms with Crippen molar-refractivity contribution in [1.29, 1.82) is 0 Å². The fourth-order valence-electron chi connectivity index (χ4n) is 3.11. The van der Waals surface area contributed by atoms with Crippen LogP contribution in [0.3, 0.4) is 0 Å². The SMILES string of the molecule is CCCCC1CCC(CO)(CCCC)CC1. The number of aliphatic hydroxyl groups is 1. The molecule has 0 unspecified atom stereocenters. The molecule has 1 aliphatic carbocycles. The summed E-state index contributed by atoms with van der Waals surface area (Å²) in [5.74, 6) is 0.959. The van der Waals surface area contributed by atoms with E-state index in [9.17, 15) is 5.11 Å². The second-order valence-electron chi connectivity index (χ2n) is 5.85. The van der Waals surface area contributed by atoms with Gasteiger partial charge in [-0.05, 0) is 43.4 Å². The fraction of sp³-hybridized carbons (Fsp3) is 1.00. The van der Waals surface area contributed by atoms with Crippen molar-refractivity contribution in [1.82, 2.24) is 0 Å². The van der Waals surface area contributed by atoms with Crippen LogP contribution in [0.1, 0.15) is 78.1 Å². The average molecular weight is 226 g/mol. The number of rotatable bonds is 7. The van der Waals surface area contributed by atoms with E-state index in [0.29, 0.717) is 12.0 Å². The molecule has 1 saturated carbocycles. The lowest BCUT2D eigenvalue weighted by Crippen LogP contribution is -2.31. The highest BCUT2D eigenvalue weighted by atomic mass is 16.3. The van der Waals surface area contributed by atoms with E-state index in [0.717, 1.165) is 5.92 Å². The Morgan fingerprint density at radius 3 is 2.19 bits per heavy atom. The maximum atomic E-state index is 9.63. The van der Waals surface area contributed by atoms with Gasteiger partial charge in [0.25, 0.3) is 0 Å². The van der Waals surface area contributed by atoms with E-state index in [1.807, 2.05) is 0 Å². The summed E-state index contributed by atoms with van der Waals surface area (Å²) in [6.45, 7) is 4.95. The minimum absolute atomic E-state index is 0.304. The van der Waals surface area contributed by atoms with E-state index in [1.54, 1.807) is 0 Å². The van der Waals surface area contributed by atoms with Crippen LogP contribution in [-0.4, -0.2) is 11.7 Å². The van der Waals surface area contributed by atoms with Crippen molar-refractivity contribution in [2.24, 2.45) is 11.3 Å². The maximum absolute atomic E-state index is 9.63. The minimum atomic E-state index is 0.304. The molecular weight excluding hydrogens is 196 g/mol. The van der Waals surface area contributed by atoms with Gasteiger partial charge >= 0.3 is 0 Å². The summed E-state index contributed by atoms with van der Waals surface area (Å²) in [4.78, 5) is 0. The van der Waals surface area contributed by atoms with Crippen LogP contribution < -0.4 is 0 Å². The summed E-state index contributed by atoms with van der Waals surface area (Å²) in [6, 6.07) is 0. The zero-order valence-corrected chi connectivity index (χ0v) is 11.3. The standard InChI is InChI=1S/C15H30O/c1-3-5-7-14-8-11-15(13-16,12-9-14)10-6-4-2/h14,16H,3-13H2,1-2H3. The van der Waals surface area contributed by atoms with E-state index >= 15 is 0 Å².